The van der Waals surface area contributed by atoms with E-state index in [0.29, 0.717) is 12.5 Å². The zero-order chi connectivity index (χ0) is 17.0. The van der Waals surface area contributed by atoms with Crippen LogP contribution in [0, 0.1) is 5.92 Å². The van der Waals surface area contributed by atoms with Gasteiger partial charge in [0.1, 0.15) is 0 Å². The van der Waals surface area contributed by atoms with Crippen LogP contribution in [0.25, 0.3) is 0 Å². The quantitative estimate of drug-likeness (QED) is 0.891. The van der Waals surface area contributed by atoms with Crippen molar-refractivity contribution in [1.82, 2.24) is 10.2 Å². The first-order valence-electron chi connectivity index (χ1n) is 8.12. The molecule has 0 aliphatic carbocycles. The van der Waals surface area contributed by atoms with Gasteiger partial charge in [0.05, 0.1) is 15.7 Å². The van der Waals surface area contributed by atoms with Crippen molar-refractivity contribution in [3.8, 4) is 0 Å². The average molecular weight is 338 g/mol. The Bertz CT molecular complexity index is 656. The van der Waals surface area contributed by atoms with Gasteiger partial charge in [0.15, 0.2) is 9.84 Å². The van der Waals surface area contributed by atoms with Gasteiger partial charge in [0.2, 0.25) is 0 Å². The van der Waals surface area contributed by atoms with Gasteiger partial charge >= 0.3 is 0 Å². The molecule has 1 heterocycles. The Labute approximate surface area is 139 Å². The second-order valence-corrected chi connectivity index (χ2v) is 9.04. The molecular formula is C17H26N2O3S. The molecule has 1 unspecified atom stereocenters. The van der Waals surface area contributed by atoms with Gasteiger partial charge in [-0.2, -0.15) is 0 Å². The second-order valence-electron chi connectivity index (χ2n) is 6.57. The molecule has 0 bridgehead atoms. The summed E-state index contributed by atoms with van der Waals surface area (Å²) in [7, 11) is -1.39. The summed E-state index contributed by atoms with van der Waals surface area (Å²) in [6.45, 7) is 5.90. The summed E-state index contributed by atoms with van der Waals surface area (Å²) in [5.74, 6) is 0.115. The zero-order valence-electron chi connectivity index (χ0n) is 14.1. The number of likely N-dealkylation sites (tertiary alicyclic amines) is 1. The first-order chi connectivity index (χ1) is 10.8. The molecule has 128 valence electrons. The maximum absolute atomic E-state index is 12.5. The van der Waals surface area contributed by atoms with Gasteiger partial charge in [-0.15, -0.1) is 0 Å². The number of hydrogen-bond donors (Lipinski definition) is 1. The Morgan fingerprint density at radius 3 is 2.70 bits per heavy atom. The summed E-state index contributed by atoms with van der Waals surface area (Å²) in [5, 5.41) is 2.36. The molecule has 1 aromatic rings. The van der Waals surface area contributed by atoms with Crippen LogP contribution in [0.2, 0.25) is 0 Å². The van der Waals surface area contributed by atoms with Crippen LogP contribution >= 0.6 is 0 Å². The minimum absolute atomic E-state index is 0.119. The van der Waals surface area contributed by atoms with Gasteiger partial charge in [0, 0.05) is 13.1 Å². The lowest BCUT2D eigenvalue weighted by Crippen LogP contribution is -2.39. The number of rotatable bonds is 5. The summed E-state index contributed by atoms with van der Waals surface area (Å²) in [6, 6.07) is 6.45. The topological polar surface area (TPSA) is 66.5 Å². The van der Waals surface area contributed by atoms with E-state index in [0.717, 1.165) is 25.9 Å². The van der Waals surface area contributed by atoms with Crippen molar-refractivity contribution >= 4 is 15.7 Å². The van der Waals surface area contributed by atoms with Crippen LogP contribution in [-0.4, -0.2) is 51.2 Å². The molecule has 23 heavy (non-hydrogen) atoms. The molecule has 1 aromatic carbocycles. The van der Waals surface area contributed by atoms with E-state index < -0.39 is 15.1 Å². The Morgan fingerprint density at radius 1 is 1.35 bits per heavy atom. The molecule has 0 radical (unpaired) electrons. The summed E-state index contributed by atoms with van der Waals surface area (Å²) >= 11 is 0. The smallest absolute Gasteiger partial charge is 0.252 e. The Hall–Kier alpha value is -1.40. The van der Waals surface area contributed by atoms with Crippen LogP contribution in [0.5, 0.6) is 0 Å². The van der Waals surface area contributed by atoms with E-state index in [1.54, 1.807) is 32.0 Å². The normalized spacial score (nSPS) is 19.7. The molecule has 6 heteroatoms. The van der Waals surface area contributed by atoms with E-state index in [2.05, 4.69) is 17.3 Å². The molecular weight excluding hydrogens is 312 g/mol. The minimum atomic E-state index is -3.47. The summed E-state index contributed by atoms with van der Waals surface area (Å²) in [4.78, 5) is 14.8. The van der Waals surface area contributed by atoms with Crippen molar-refractivity contribution in [2.45, 2.75) is 36.8 Å². The minimum Gasteiger partial charge on any atom is -0.352 e. The van der Waals surface area contributed by atoms with Gasteiger partial charge in [0.25, 0.3) is 5.91 Å². The molecule has 5 nitrogen and oxygen atoms in total. The number of hydrogen-bond acceptors (Lipinski definition) is 4. The third kappa shape index (κ3) is 4.32. The van der Waals surface area contributed by atoms with E-state index in [1.165, 1.54) is 6.07 Å². The van der Waals surface area contributed by atoms with Crippen LogP contribution in [-0.2, 0) is 9.84 Å². The Kier molecular flexibility index (Phi) is 5.81. The third-order valence-corrected chi connectivity index (χ3v) is 6.54. The molecule has 2 rings (SSSR count). The fourth-order valence-electron chi connectivity index (χ4n) is 2.93. The van der Waals surface area contributed by atoms with Crippen molar-refractivity contribution in [1.29, 1.82) is 0 Å². The third-order valence-electron chi connectivity index (χ3n) is 4.33. The predicted molar refractivity (Wildman–Crippen MR) is 91.3 cm³/mol. The number of carbonyl (C=O) groups is 1. The summed E-state index contributed by atoms with van der Waals surface area (Å²) in [6.07, 6.45) is 2.23. The zero-order valence-corrected chi connectivity index (χ0v) is 14.9. The number of nitrogens with one attached hydrogen (secondary N) is 1. The van der Waals surface area contributed by atoms with Crippen molar-refractivity contribution in [2.24, 2.45) is 5.92 Å². The first kappa shape index (κ1) is 17.9. The number of benzene rings is 1. The second kappa shape index (κ2) is 7.45. The molecule has 1 N–H and O–H groups in total. The van der Waals surface area contributed by atoms with E-state index >= 15 is 0 Å². The summed E-state index contributed by atoms with van der Waals surface area (Å²) in [5.41, 5.74) is 0.241. The largest absolute Gasteiger partial charge is 0.352 e. The highest BCUT2D eigenvalue weighted by molar-refractivity contribution is 7.92. The fourth-order valence-corrected chi connectivity index (χ4v) is 4.17. The number of piperidine rings is 1. The van der Waals surface area contributed by atoms with Crippen LogP contribution in [0.4, 0.5) is 0 Å². The standard InChI is InChI=1S/C17H26N2O3S/c1-13(2)23(21,22)16-9-5-4-8-15(16)17(20)18-11-14-7-6-10-19(3)12-14/h4-5,8-9,13-14H,6-7,10-12H2,1-3H3,(H,18,20). The Morgan fingerprint density at radius 2 is 2.04 bits per heavy atom. The van der Waals surface area contributed by atoms with E-state index in [1.807, 2.05) is 0 Å². The fraction of sp³-hybridized carbons (Fsp3) is 0.588. The highest BCUT2D eigenvalue weighted by Crippen LogP contribution is 2.21. The summed E-state index contributed by atoms with van der Waals surface area (Å²) < 4.78 is 24.8. The molecule has 1 aliphatic rings. The number of amides is 1. The lowest BCUT2D eigenvalue weighted by Gasteiger charge is -2.29. The van der Waals surface area contributed by atoms with Gasteiger partial charge < -0.3 is 10.2 Å². The maximum Gasteiger partial charge on any atom is 0.252 e. The lowest BCUT2D eigenvalue weighted by atomic mass is 9.98. The van der Waals surface area contributed by atoms with Crippen molar-refractivity contribution in [2.75, 3.05) is 26.7 Å². The van der Waals surface area contributed by atoms with Crippen LogP contribution in [0.1, 0.15) is 37.0 Å². The molecule has 1 aliphatic heterocycles. The van der Waals surface area contributed by atoms with Gasteiger partial charge in [-0.1, -0.05) is 12.1 Å². The molecule has 1 fully saturated rings. The van der Waals surface area contributed by atoms with E-state index in [-0.39, 0.29) is 16.4 Å². The molecule has 0 aromatic heterocycles. The van der Waals surface area contributed by atoms with Gasteiger partial charge in [-0.3, -0.25) is 4.79 Å². The average Bonchev–Trinajstić information content (AvgIpc) is 2.52. The molecule has 0 saturated carbocycles. The van der Waals surface area contributed by atoms with Crippen LogP contribution < -0.4 is 5.32 Å². The predicted octanol–water partition coefficient (Wildman–Crippen LogP) is 1.94. The maximum atomic E-state index is 12.5. The molecule has 1 atom stereocenters. The highest BCUT2D eigenvalue weighted by atomic mass is 32.2. The number of nitrogens with zero attached hydrogens (tertiary/aromatic N) is 1. The molecule has 1 saturated heterocycles. The van der Waals surface area contributed by atoms with Crippen molar-refractivity contribution < 1.29 is 13.2 Å². The molecule has 1 amide bonds. The Balaban J connectivity index is 2.11. The highest BCUT2D eigenvalue weighted by Gasteiger charge is 2.25. The monoisotopic (exact) mass is 338 g/mol. The van der Waals surface area contributed by atoms with Crippen LogP contribution in [0.3, 0.4) is 0 Å². The van der Waals surface area contributed by atoms with Gasteiger partial charge in [-0.05, 0) is 58.3 Å². The molecule has 0 spiro atoms. The van der Waals surface area contributed by atoms with Gasteiger partial charge in [-0.25, -0.2) is 8.42 Å². The number of carbonyl (C=O) groups excluding carboxylic acids is 1. The number of sulfone groups is 1. The van der Waals surface area contributed by atoms with E-state index in [4.69, 9.17) is 0 Å². The SMILES string of the molecule is CC(C)S(=O)(=O)c1ccccc1C(=O)NCC1CCCN(C)C1. The lowest BCUT2D eigenvalue weighted by molar-refractivity contribution is 0.0933. The van der Waals surface area contributed by atoms with Crippen LogP contribution in [0.15, 0.2) is 29.2 Å². The van der Waals surface area contributed by atoms with Crippen molar-refractivity contribution in [3.63, 3.8) is 0 Å². The van der Waals surface area contributed by atoms with Crippen molar-refractivity contribution in [3.05, 3.63) is 29.8 Å². The first-order valence-corrected chi connectivity index (χ1v) is 9.66. The van der Waals surface area contributed by atoms with E-state index in [9.17, 15) is 13.2 Å².